The van der Waals surface area contributed by atoms with Crippen molar-refractivity contribution in [3.8, 4) is 0 Å². The average Bonchev–Trinajstić information content (AvgIpc) is 3.66. The van der Waals surface area contributed by atoms with Crippen molar-refractivity contribution in [2.75, 3.05) is 13.6 Å². The average molecular weight is 594 g/mol. The Kier molecular flexibility index (Phi) is 8.25. The SMILES string of the molecule is CC[C@H](CN(C)S(=O)(=O)C1CC1)N1C(=O)[C@@H](Cc2nn[nH]n2)O[C@H](c2cccc(Cl)c2)[C@H]1c1ccc(Cl)cc1. The van der Waals surface area contributed by atoms with E-state index >= 15 is 0 Å². The van der Waals surface area contributed by atoms with Gasteiger partial charge in [-0.05, 0) is 54.7 Å². The molecule has 5 rings (SSSR count). The van der Waals surface area contributed by atoms with Gasteiger partial charge in [-0.3, -0.25) is 4.79 Å². The van der Waals surface area contributed by atoms with Crippen LogP contribution in [0.25, 0.3) is 0 Å². The Morgan fingerprint density at radius 3 is 2.49 bits per heavy atom. The maximum absolute atomic E-state index is 14.2. The Bertz CT molecular complexity index is 1400. The summed E-state index contributed by atoms with van der Waals surface area (Å²) in [4.78, 5) is 16.0. The van der Waals surface area contributed by atoms with Crippen molar-refractivity contribution in [1.82, 2.24) is 29.8 Å². The number of nitrogens with one attached hydrogen (secondary N) is 1. The van der Waals surface area contributed by atoms with E-state index in [1.807, 2.05) is 37.3 Å². The molecule has 2 heterocycles. The number of amides is 1. The number of hydrogen-bond acceptors (Lipinski definition) is 7. The topological polar surface area (TPSA) is 121 Å². The summed E-state index contributed by atoms with van der Waals surface area (Å²) in [5.41, 5.74) is 1.59. The number of tetrazole rings is 1. The van der Waals surface area contributed by atoms with Crippen molar-refractivity contribution in [2.45, 2.75) is 62.1 Å². The van der Waals surface area contributed by atoms with Crippen molar-refractivity contribution in [3.05, 3.63) is 75.5 Å². The lowest BCUT2D eigenvalue weighted by molar-refractivity contribution is -0.179. The number of ether oxygens (including phenoxy) is 1. The van der Waals surface area contributed by atoms with E-state index in [-0.39, 0.29) is 24.1 Å². The molecular formula is C26H30Cl2N6O4S. The van der Waals surface area contributed by atoms with Crippen LogP contribution in [-0.2, 0) is 26.0 Å². The summed E-state index contributed by atoms with van der Waals surface area (Å²) in [6.45, 7) is 2.11. The summed E-state index contributed by atoms with van der Waals surface area (Å²) in [7, 11) is -1.86. The number of benzene rings is 2. The zero-order valence-electron chi connectivity index (χ0n) is 21.6. The third-order valence-electron chi connectivity index (χ3n) is 7.29. The first kappa shape index (κ1) is 28.0. The second-order valence-corrected chi connectivity index (χ2v) is 13.2. The summed E-state index contributed by atoms with van der Waals surface area (Å²) in [6, 6.07) is 13.6. The van der Waals surface area contributed by atoms with Gasteiger partial charge in [0.1, 0.15) is 12.2 Å². The van der Waals surface area contributed by atoms with E-state index in [2.05, 4.69) is 20.6 Å². The highest BCUT2D eigenvalue weighted by Crippen LogP contribution is 2.45. The van der Waals surface area contributed by atoms with Crippen LogP contribution in [0.1, 0.15) is 55.3 Å². The summed E-state index contributed by atoms with van der Waals surface area (Å²) >= 11 is 12.6. The third-order valence-corrected chi connectivity index (χ3v) is 10.1. The lowest BCUT2D eigenvalue weighted by Crippen LogP contribution is -2.57. The van der Waals surface area contributed by atoms with Gasteiger partial charge in [-0.25, -0.2) is 12.7 Å². The minimum Gasteiger partial charge on any atom is -0.357 e. The molecule has 1 aliphatic carbocycles. The Morgan fingerprint density at radius 1 is 1.13 bits per heavy atom. The van der Waals surface area contributed by atoms with E-state index in [9.17, 15) is 13.2 Å². The molecule has 0 spiro atoms. The van der Waals surface area contributed by atoms with Crippen LogP contribution in [0.5, 0.6) is 0 Å². The van der Waals surface area contributed by atoms with Gasteiger partial charge in [-0.2, -0.15) is 5.21 Å². The van der Waals surface area contributed by atoms with Gasteiger partial charge in [0.05, 0.1) is 11.3 Å². The van der Waals surface area contributed by atoms with E-state index in [4.69, 9.17) is 27.9 Å². The van der Waals surface area contributed by atoms with Crippen LogP contribution < -0.4 is 0 Å². The molecular weight excluding hydrogens is 563 g/mol. The van der Waals surface area contributed by atoms with Gasteiger partial charge in [0.15, 0.2) is 5.82 Å². The monoisotopic (exact) mass is 592 g/mol. The Morgan fingerprint density at radius 2 is 1.87 bits per heavy atom. The first-order valence-corrected chi connectivity index (χ1v) is 15.1. The van der Waals surface area contributed by atoms with Gasteiger partial charge in [-0.1, -0.05) is 59.6 Å². The first-order chi connectivity index (χ1) is 18.7. The van der Waals surface area contributed by atoms with Crippen molar-refractivity contribution >= 4 is 39.1 Å². The van der Waals surface area contributed by atoms with E-state index in [0.29, 0.717) is 35.1 Å². The lowest BCUT2D eigenvalue weighted by atomic mass is 9.89. The Balaban J connectivity index is 1.59. The van der Waals surface area contributed by atoms with Crippen molar-refractivity contribution in [1.29, 1.82) is 0 Å². The van der Waals surface area contributed by atoms with Crippen LogP contribution in [0.4, 0.5) is 0 Å². The highest BCUT2D eigenvalue weighted by molar-refractivity contribution is 7.90. The van der Waals surface area contributed by atoms with Gasteiger partial charge in [0.2, 0.25) is 10.0 Å². The summed E-state index contributed by atoms with van der Waals surface area (Å²) < 4.78 is 34.0. The number of H-pyrrole nitrogens is 1. The van der Waals surface area contributed by atoms with Gasteiger partial charge < -0.3 is 9.64 Å². The number of nitrogens with zero attached hydrogens (tertiary/aromatic N) is 5. The molecule has 0 bridgehead atoms. The first-order valence-electron chi connectivity index (χ1n) is 12.8. The largest absolute Gasteiger partial charge is 0.357 e. The van der Waals surface area contributed by atoms with Gasteiger partial charge in [-0.15, -0.1) is 10.2 Å². The number of rotatable bonds is 10. The number of aromatic nitrogens is 4. The molecule has 208 valence electrons. The van der Waals surface area contributed by atoms with E-state index in [1.54, 1.807) is 30.1 Å². The number of sulfonamides is 1. The highest BCUT2D eigenvalue weighted by Gasteiger charge is 2.48. The highest BCUT2D eigenvalue weighted by atomic mass is 35.5. The molecule has 13 heteroatoms. The van der Waals surface area contributed by atoms with Crippen molar-refractivity contribution in [3.63, 3.8) is 0 Å². The zero-order chi connectivity index (χ0) is 27.7. The smallest absolute Gasteiger partial charge is 0.253 e. The molecule has 1 saturated heterocycles. The van der Waals surface area contributed by atoms with Crippen LogP contribution >= 0.6 is 23.2 Å². The number of likely N-dealkylation sites (N-methyl/N-ethyl adjacent to an activating group) is 1. The van der Waals surface area contributed by atoms with Crippen molar-refractivity contribution < 1.29 is 17.9 Å². The molecule has 1 saturated carbocycles. The quantitative estimate of drug-likeness (QED) is 0.378. The Hall–Kier alpha value is -2.57. The Labute approximate surface area is 237 Å². The fraction of sp³-hybridized carbons (Fsp3) is 0.462. The van der Waals surface area contributed by atoms with Gasteiger partial charge in [0.25, 0.3) is 5.91 Å². The number of carbonyl (C=O) groups excluding carboxylic acids is 1. The van der Waals surface area contributed by atoms with Crippen LogP contribution in [-0.4, -0.2) is 75.1 Å². The molecule has 1 N–H and O–H groups in total. The number of hydrogen-bond donors (Lipinski definition) is 1. The number of morpholine rings is 1. The predicted octanol–water partition coefficient (Wildman–Crippen LogP) is 3.96. The molecule has 2 aromatic carbocycles. The molecule has 0 radical (unpaired) electrons. The minimum atomic E-state index is -3.44. The van der Waals surface area contributed by atoms with Crippen LogP contribution in [0.3, 0.4) is 0 Å². The molecule has 39 heavy (non-hydrogen) atoms. The summed E-state index contributed by atoms with van der Waals surface area (Å²) in [6.07, 6.45) is 0.419. The molecule has 0 unspecified atom stereocenters. The maximum atomic E-state index is 14.2. The van der Waals surface area contributed by atoms with E-state index in [0.717, 1.165) is 11.1 Å². The van der Waals surface area contributed by atoms with Crippen LogP contribution in [0.15, 0.2) is 48.5 Å². The van der Waals surface area contributed by atoms with E-state index < -0.39 is 34.3 Å². The predicted molar refractivity (Wildman–Crippen MR) is 147 cm³/mol. The van der Waals surface area contributed by atoms with Gasteiger partial charge >= 0.3 is 0 Å². The second-order valence-electron chi connectivity index (χ2n) is 9.96. The standard InChI is InChI=1S/C26H30Cl2N6O4S/c1-3-20(15-33(2)39(36,37)21-11-12-21)34-24(16-7-9-18(27)10-8-16)25(17-5-4-6-19(28)13-17)38-22(26(34)35)14-23-29-31-32-30-23/h4-10,13,20-22,24-25H,3,11-12,14-15H2,1-2H3,(H,29,30,31,32)/t20-,22-,24-,25-/m1/s1. The van der Waals surface area contributed by atoms with Crippen LogP contribution in [0.2, 0.25) is 10.0 Å². The van der Waals surface area contributed by atoms with E-state index in [1.165, 1.54) is 4.31 Å². The summed E-state index contributed by atoms with van der Waals surface area (Å²) in [5, 5.41) is 14.8. The number of halogens is 2. The fourth-order valence-corrected chi connectivity index (χ4v) is 7.06. The fourth-order valence-electron chi connectivity index (χ4n) is 5.11. The maximum Gasteiger partial charge on any atom is 0.253 e. The summed E-state index contributed by atoms with van der Waals surface area (Å²) in [5.74, 6) is 0.0617. The molecule has 3 aromatic rings. The molecule has 10 nitrogen and oxygen atoms in total. The third kappa shape index (κ3) is 5.97. The molecule has 1 amide bonds. The van der Waals surface area contributed by atoms with Crippen molar-refractivity contribution in [2.24, 2.45) is 0 Å². The number of carbonyl (C=O) groups is 1. The molecule has 1 aromatic heterocycles. The normalized spacial score (nSPS) is 22.8. The minimum absolute atomic E-state index is 0.100. The lowest BCUT2D eigenvalue weighted by Gasteiger charge is -2.48. The molecule has 4 atom stereocenters. The van der Waals surface area contributed by atoms with Crippen LogP contribution in [0, 0.1) is 0 Å². The molecule has 2 fully saturated rings. The second kappa shape index (κ2) is 11.5. The van der Waals surface area contributed by atoms with Gasteiger partial charge in [0, 0.05) is 36.1 Å². The molecule has 2 aliphatic rings. The number of aromatic amines is 1. The molecule has 1 aliphatic heterocycles. The zero-order valence-corrected chi connectivity index (χ0v) is 23.9.